The average Bonchev–Trinajstić information content (AvgIpc) is 3.33. The number of nitrogens with one attached hydrogen (secondary N) is 1. The van der Waals surface area contributed by atoms with Gasteiger partial charge in [-0.2, -0.15) is 5.10 Å². The first-order valence-electron chi connectivity index (χ1n) is 8.10. The van der Waals surface area contributed by atoms with Gasteiger partial charge in [0.05, 0.1) is 6.04 Å². The predicted molar refractivity (Wildman–Crippen MR) is 87.6 cm³/mol. The van der Waals surface area contributed by atoms with E-state index < -0.39 is 0 Å². The second kappa shape index (κ2) is 6.27. The van der Waals surface area contributed by atoms with Crippen LogP contribution in [0, 0.1) is 0 Å². The van der Waals surface area contributed by atoms with Crippen LogP contribution in [-0.2, 0) is 0 Å². The summed E-state index contributed by atoms with van der Waals surface area (Å²) in [6.07, 6.45) is 6.25. The molecule has 0 saturated carbocycles. The molecule has 24 heavy (non-hydrogen) atoms. The van der Waals surface area contributed by atoms with Gasteiger partial charge in [-0.15, -0.1) is 10.2 Å². The molecule has 0 spiro atoms. The Kier molecular flexibility index (Phi) is 3.82. The Labute approximate surface area is 139 Å². The van der Waals surface area contributed by atoms with Crippen LogP contribution in [-0.4, -0.2) is 42.3 Å². The van der Waals surface area contributed by atoms with Gasteiger partial charge in [0.15, 0.2) is 5.82 Å². The molecule has 1 atom stereocenters. The summed E-state index contributed by atoms with van der Waals surface area (Å²) in [5, 5.41) is 15.1. The quantitative estimate of drug-likeness (QED) is 0.803. The minimum Gasteiger partial charge on any atom is -0.327 e. The van der Waals surface area contributed by atoms with Crippen molar-refractivity contribution < 1.29 is 4.79 Å². The second-order valence-corrected chi connectivity index (χ2v) is 5.88. The summed E-state index contributed by atoms with van der Waals surface area (Å²) in [6.45, 7) is 0.712. The first-order chi connectivity index (χ1) is 11.8. The van der Waals surface area contributed by atoms with E-state index >= 15 is 0 Å². The maximum Gasteiger partial charge on any atom is 0.272 e. The van der Waals surface area contributed by atoms with E-state index in [0.29, 0.717) is 12.2 Å². The molecule has 1 aliphatic heterocycles. The van der Waals surface area contributed by atoms with Gasteiger partial charge in [-0.05, 0) is 37.5 Å². The van der Waals surface area contributed by atoms with E-state index in [9.17, 15) is 4.79 Å². The number of aromatic amines is 1. The summed E-state index contributed by atoms with van der Waals surface area (Å²) in [5.74, 6) is 0.758. The zero-order valence-electron chi connectivity index (χ0n) is 13.2. The van der Waals surface area contributed by atoms with E-state index in [-0.39, 0.29) is 11.9 Å². The minimum atomic E-state index is -0.0859. The highest BCUT2D eigenvalue weighted by molar-refractivity contribution is 5.92. The van der Waals surface area contributed by atoms with E-state index in [1.54, 1.807) is 18.6 Å². The summed E-state index contributed by atoms with van der Waals surface area (Å²) >= 11 is 0. The number of hydrogen-bond acceptors (Lipinski definition) is 4. The van der Waals surface area contributed by atoms with Crippen LogP contribution >= 0.6 is 0 Å². The molecule has 122 valence electrons. The van der Waals surface area contributed by atoms with E-state index in [2.05, 4.69) is 20.4 Å². The molecule has 4 rings (SSSR count). The Hall–Kier alpha value is -2.96. The predicted octanol–water partition coefficient (Wildman–Crippen LogP) is 2.36. The summed E-state index contributed by atoms with van der Waals surface area (Å²) in [5.41, 5.74) is 1.50. The van der Waals surface area contributed by atoms with Gasteiger partial charge in [0.2, 0.25) is 0 Å². The van der Waals surface area contributed by atoms with Gasteiger partial charge in [0.25, 0.3) is 5.91 Å². The number of piperidine rings is 1. The fourth-order valence-electron chi connectivity index (χ4n) is 3.23. The van der Waals surface area contributed by atoms with Gasteiger partial charge in [0.1, 0.15) is 12.0 Å². The first kappa shape index (κ1) is 14.6. The van der Waals surface area contributed by atoms with Crippen molar-refractivity contribution in [2.45, 2.75) is 25.3 Å². The highest BCUT2D eigenvalue weighted by Gasteiger charge is 2.32. The number of para-hydroxylation sites is 1. The highest BCUT2D eigenvalue weighted by atomic mass is 16.2. The third kappa shape index (κ3) is 2.58. The fraction of sp³-hybridized carbons (Fsp3) is 0.294. The molecule has 7 heteroatoms. The lowest BCUT2D eigenvalue weighted by Crippen LogP contribution is -2.39. The summed E-state index contributed by atoms with van der Waals surface area (Å²) < 4.78 is 1.96. The van der Waals surface area contributed by atoms with Crippen molar-refractivity contribution in [3.05, 3.63) is 60.4 Å². The van der Waals surface area contributed by atoms with Crippen molar-refractivity contribution in [1.82, 2.24) is 29.9 Å². The normalized spacial score (nSPS) is 17.8. The van der Waals surface area contributed by atoms with Gasteiger partial charge in [-0.25, -0.2) is 0 Å². The van der Waals surface area contributed by atoms with Crippen LogP contribution in [0.1, 0.15) is 41.6 Å². The topological polar surface area (TPSA) is 79.7 Å². The van der Waals surface area contributed by atoms with Crippen LogP contribution in [0.5, 0.6) is 0 Å². The monoisotopic (exact) mass is 322 g/mol. The van der Waals surface area contributed by atoms with E-state index in [0.717, 1.165) is 30.8 Å². The number of nitrogens with zero attached hydrogens (tertiary/aromatic N) is 5. The molecule has 1 unspecified atom stereocenters. The Morgan fingerprint density at radius 1 is 1.17 bits per heavy atom. The largest absolute Gasteiger partial charge is 0.327 e. The van der Waals surface area contributed by atoms with Gasteiger partial charge in [0, 0.05) is 18.4 Å². The molecule has 2 aromatic heterocycles. The lowest BCUT2D eigenvalue weighted by atomic mass is 10.0. The van der Waals surface area contributed by atoms with E-state index in [1.165, 1.54) is 0 Å². The van der Waals surface area contributed by atoms with Crippen molar-refractivity contribution in [2.75, 3.05) is 6.54 Å². The lowest BCUT2D eigenvalue weighted by Gasteiger charge is -2.34. The Balaban J connectivity index is 1.70. The van der Waals surface area contributed by atoms with Crippen molar-refractivity contribution in [1.29, 1.82) is 0 Å². The number of aromatic nitrogens is 5. The van der Waals surface area contributed by atoms with Gasteiger partial charge < -0.3 is 4.90 Å². The van der Waals surface area contributed by atoms with Crippen molar-refractivity contribution in [2.24, 2.45) is 0 Å². The fourth-order valence-corrected chi connectivity index (χ4v) is 3.23. The number of likely N-dealkylation sites (tertiary alicyclic amines) is 1. The number of carbonyl (C=O) groups is 1. The Bertz CT molecular complexity index is 811. The number of rotatable bonds is 3. The molecule has 3 aromatic rings. The van der Waals surface area contributed by atoms with Crippen LogP contribution in [0.2, 0.25) is 0 Å². The molecule has 0 bridgehead atoms. The third-order valence-corrected chi connectivity index (χ3v) is 4.40. The molecule has 0 aliphatic carbocycles. The highest BCUT2D eigenvalue weighted by Crippen LogP contribution is 2.31. The van der Waals surface area contributed by atoms with Gasteiger partial charge in [-0.1, -0.05) is 18.2 Å². The molecule has 1 N–H and O–H groups in total. The van der Waals surface area contributed by atoms with Crippen LogP contribution in [0.4, 0.5) is 0 Å². The van der Waals surface area contributed by atoms with Crippen LogP contribution in [0.3, 0.4) is 0 Å². The number of carbonyl (C=O) groups excluding carboxylic acids is 1. The smallest absolute Gasteiger partial charge is 0.272 e. The maximum atomic E-state index is 12.8. The van der Waals surface area contributed by atoms with E-state index in [1.807, 2.05) is 39.8 Å². The number of hydrogen-bond donors (Lipinski definition) is 1. The van der Waals surface area contributed by atoms with Crippen molar-refractivity contribution in [3.63, 3.8) is 0 Å². The number of amides is 1. The SMILES string of the molecule is O=C(c1ccn[nH]1)N1CCCCC1c1nncn1-c1ccccc1. The van der Waals surface area contributed by atoms with Crippen LogP contribution in [0.25, 0.3) is 5.69 Å². The van der Waals surface area contributed by atoms with E-state index in [4.69, 9.17) is 0 Å². The molecule has 0 radical (unpaired) electrons. The summed E-state index contributed by atoms with van der Waals surface area (Å²) in [7, 11) is 0. The Morgan fingerprint density at radius 2 is 2.04 bits per heavy atom. The molecule has 3 heterocycles. The van der Waals surface area contributed by atoms with Gasteiger partial charge >= 0.3 is 0 Å². The standard InChI is InChI=1S/C17H18N6O/c24-17(14-9-10-18-20-14)22-11-5-4-8-15(22)16-21-19-12-23(16)13-6-2-1-3-7-13/h1-3,6-7,9-10,12,15H,4-5,8,11H2,(H,18,20). The maximum absolute atomic E-state index is 12.8. The zero-order valence-corrected chi connectivity index (χ0v) is 13.2. The Morgan fingerprint density at radius 3 is 2.83 bits per heavy atom. The summed E-state index contributed by atoms with van der Waals surface area (Å²) in [4.78, 5) is 14.7. The molecule has 1 amide bonds. The molecular formula is C17H18N6O. The van der Waals surface area contributed by atoms with Crippen molar-refractivity contribution in [3.8, 4) is 5.69 Å². The first-order valence-corrected chi connectivity index (χ1v) is 8.10. The molecule has 1 aromatic carbocycles. The van der Waals surface area contributed by atoms with Crippen LogP contribution < -0.4 is 0 Å². The molecular weight excluding hydrogens is 304 g/mol. The van der Waals surface area contributed by atoms with Crippen LogP contribution in [0.15, 0.2) is 48.9 Å². The summed E-state index contributed by atoms with van der Waals surface area (Å²) in [6, 6.07) is 11.6. The zero-order chi connectivity index (χ0) is 16.4. The lowest BCUT2D eigenvalue weighted by molar-refractivity contribution is 0.0591. The molecule has 1 aliphatic rings. The van der Waals surface area contributed by atoms with Gasteiger partial charge in [-0.3, -0.25) is 14.5 Å². The number of benzene rings is 1. The third-order valence-electron chi connectivity index (χ3n) is 4.40. The number of H-pyrrole nitrogens is 1. The van der Waals surface area contributed by atoms with Crippen molar-refractivity contribution >= 4 is 5.91 Å². The molecule has 7 nitrogen and oxygen atoms in total. The molecule has 1 fully saturated rings. The minimum absolute atomic E-state index is 0.0418. The second-order valence-electron chi connectivity index (χ2n) is 5.88. The molecule has 1 saturated heterocycles. The average molecular weight is 322 g/mol.